The third-order valence-corrected chi connectivity index (χ3v) is 11.5. The summed E-state index contributed by atoms with van der Waals surface area (Å²) in [6, 6.07) is 76.8. The highest BCUT2D eigenvalue weighted by Gasteiger charge is 2.46. The maximum atomic E-state index is 7.06. The highest BCUT2D eigenvalue weighted by atomic mass is 16.3. The second kappa shape index (κ2) is 12.5. The molecule has 0 atom stereocenters. The highest BCUT2D eigenvalue weighted by molar-refractivity contribution is 6.23. The molecule has 0 unspecified atom stereocenters. The van der Waals surface area contributed by atoms with Gasteiger partial charge in [0.1, 0.15) is 5.58 Å². The van der Waals surface area contributed by atoms with Gasteiger partial charge in [-0.25, -0.2) is 0 Å². The van der Waals surface area contributed by atoms with Crippen molar-refractivity contribution in [2.75, 3.05) is 4.90 Å². The Morgan fingerprint density at radius 2 is 0.964 bits per heavy atom. The van der Waals surface area contributed by atoms with Crippen LogP contribution in [0.1, 0.15) is 22.3 Å². The van der Waals surface area contributed by atoms with Crippen LogP contribution >= 0.6 is 0 Å². The van der Waals surface area contributed by atoms with Crippen molar-refractivity contribution < 1.29 is 4.42 Å². The predicted octanol–water partition coefficient (Wildman–Crippen LogP) is 14.2. The number of nitrogens with zero attached hydrogens (tertiary/aromatic N) is 1. The molecular weight excluding hydrogens is 667 g/mol. The first-order valence-electron chi connectivity index (χ1n) is 18.9. The van der Waals surface area contributed by atoms with Crippen LogP contribution < -0.4 is 4.90 Å². The SMILES string of the molecule is c1ccc(-c2cc3oc4c(N(c5ccccc5)c5ccc6c(c5)C(c5ccccc5)(c5ccccc5)c5ccccc5-6)cccc4c3c3ccccc23)cc1. The zero-order valence-electron chi connectivity index (χ0n) is 30.1. The van der Waals surface area contributed by atoms with Gasteiger partial charge in [-0.1, -0.05) is 176 Å². The van der Waals surface area contributed by atoms with Crippen LogP contribution in [-0.2, 0) is 5.41 Å². The summed E-state index contributed by atoms with van der Waals surface area (Å²) in [4.78, 5) is 2.37. The Kier molecular flexibility index (Phi) is 7.11. The summed E-state index contributed by atoms with van der Waals surface area (Å²) >= 11 is 0. The molecule has 258 valence electrons. The molecule has 0 amide bonds. The molecule has 0 saturated carbocycles. The minimum absolute atomic E-state index is 0.509. The van der Waals surface area contributed by atoms with E-state index in [2.05, 4.69) is 217 Å². The lowest BCUT2D eigenvalue weighted by Crippen LogP contribution is -2.28. The summed E-state index contributed by atoms with van der Waals surface area (Å²) in [5.74, 6) is 0. The zero-order valence-corrected chi connectivity index (χ0v) is 30.1. The van der Waals surface area contributed by atoms with Crippen molar-refractivity contribution in [2.45, 2.75) is 5.41 Å². The van der Waals surface area contributed by atoms with Crippen LogP contribution in [0.4, 0.5) is 17.1 Å². The van der Waals surface area contributed by atoms with Gasteiger partial charge in [0.05, 0.1) is 11.1 Å². The molecule has 11 rings (SSSR count). The van der Waals surface area contributed by atoms with Gasteiger partial charge in [0.2, 0.25) is 0 Å². The largest absolute Gasteiger partial charge is 0.454 e. The average Bonchev–Trinajstić information content (AvgIpc) is 3.79. The third kappa shape index (κ3) is 4.68. The first-order chi connectivity index (χ1) is 27.3. The fraction of sp³-hybridized carbons (Fsp3) is 0.0189. The van der Waals surface area contributed by atoms with E-state index in [-0.39, 0.29) is 0 Å². The smallest absolute Gasteiger partial charge is 0.159 e. The molecule has 2 nitrogen and oxygen atoms in total. The number of furan rings is 1. The Morgan fingerprint density at radius 1 is 0.382 bits per heavy atom. The summed E-state index contributed by atoms with van der Waals surface area (Å²) in [7, 11) is 0. The number of para-hydroxylation sites is 2. The van der Waals surface area contributed by atoms with Gasteiger partial charge in [0, 0.05) is 22.1 Å². The number of fused-ring (bicyclic) bond motifs is 8. The van der Waals surface area contributed by atoms with Crippen molar-refractivity contribution in [1.29, 1.82) is 0 Å². The number of hydrogen-bond acceptors (Lipinski definition) is 2. The van der Waals surface area contributed by atoms with E-state index in [0.717, 1.165) is 39.0 Å². The molecule has 10 aromatic rings. The third-order valence-electron chi connectivity index (χ3n) is 11.5. The van der Waals surface area contributed by atoms with Crippen molar-refractivity contribution in [1.82, 2.24) is 0 Å². The van der Waals surface area contributed by atoms with Crippen molar-refractivity contribution in [2.24, 2.45) is 0 Å². The van der Waals surface area contributed by atoms with Crippen LogP contribution in [0, 0.1) is 0 Å². The van der Waals surface area contributed by atoms with Crippen molar-refractivity contribution in [3.63, 3.8) is 0 Å². The molecule has 0 aliphatic heterocycles. The summed E-state index contributed by atoms with van der Waals surface area (Å²) in [5.41, 5.74) is 14.3. The molecule has 0 N–H and O–H groups in total. The van der Waals surface area contributed by atoms with Crippen LogP contribution in [0.2, 0.25) is 0 Å². The molecular formula is C53H35NO. The number of anilines is 3. The summed E-state index contributed by atoms with van der Waals surface area (Å²) in [6.45, 7) is 0. The summed E-state index contributed by atoms with van der Waals surface area (Å²) < 4.78 is 7.06. The molecule has 1 aliphatic rings. The standard InChI is InChI=1S/C53H35NO/c1-5-18-36(19-6-1)46-35-50-51(44-28-14-13-26-41(44)46)45-29-17-31-49(52(45)55-50)54(39-24-11-4-12-25-39)40-32-33-43-42-27-15-16-30-47(42)53(48(43)34-40,37-20-7-2-8-21-37)38-22-9-3-10-23-38/h1-35H. The molecule has 1 heterocycles. The number of hydrogen-bond donors (Lipinski definition) is 0. The Labute approximate surface area is 320 Å². The fourth-order valence-corrected chi connectivity index (χ4v) is 9.26. The topological polar surface area (TPSA) is 16.4 Å². The molecule has 2 heteroatoms. The van der Waals surface area contributed by atoms with Gasteiger partial charge >= 0.3 is 0 Å². The second-order valence-corrected chi connectivity index (χ2v) is 14.4. The Hall–Kier alpha value is -7.16. The minimum Gasteiger partial charge on any atom is -0.454 e. The summed E-state index contributed by atoms with van der Waals surface area (Å²) in [6.07, 6.45) is 0. The average molecular weight is 702 g/mol. The van der Waals surface area contributed by atoms with Crippen LogP contribution in [0.5, 0.6) is 0 Å². The zero-order chi connectivity index (χ0) is 36.3. The maximum Gasteiger partial charge on any atom is 0.159 e. The summed E-state index contributed by atoms with van der Waals surface area (Å²) in [5, 5.41) is 4.63. The van der Waals surface area contributed by atoms with Gasteiger partial charge in [-0.2, -0.15) is 0 Å². The van der Waals surface area contributed by atoms with E-state index in [9.17, 15) is 0 Å². The minimum atomic E-state index is -0.509. The molecule has 0 radical (unpaired) electrons. The normalized spacial score (nSPS) is 12.9. The van der Waals surface area contributed by atoms with Gasteiger partial charge in [-0.15, -0.1) is 0 Å². The highest BCUT2D eigenvalue weighted by Crippen LogP contribution is 2.57. The van der Waals surface area contributed by atoms with E-state index in [4.69, 9.17) is 4.42 Å². The van der Waals surface area contributed by atoms with Crippen LogP contribution in [0.25, 0.3) is 55.0 Å². The molecule has 0 saturated heterocycles. The van der Waals surface area contributed by atoms with Crippen LogP contribution in [0.15, 0.2) is 217 Å². The molecule has 1 aliphatic carbocycles. The Morgan fingerprint density at radius 3 is 1.69 bits per heavy atom. The van der Waals surface area contributed by atoms with E-state index in [0.29, 0.717) is 0 Å². The van der Waals surface area contributed by atoms with E-state index in [1.165, 1.54) is 55.3 Å². The molecule has 1 aromatic heterocycles. The van der Waals surface area contributed by atoms with E-state index >= 15 is 0 Å². The first kappa shape index (κ1) is 31.4. The van der Waals surface area contributed by atoms with Gasteiger partial charge in [-0.3, -0.25) is 0 Å². The molecule has 0 spiro atoms. The van der Waals surface area contributed by atoms with E-state index < -0.39 is 5.41 Å². The maximum absolute atomic E-state index is 7.06. The quantitative estimate of drug-likeness (QED) is 0.172. The van der Waals surface area contributed by atoms with E-state index in [1.54, 1.807) is 0 Å². The number of benzene rings is 9. The van der Waals surface area contributed by atoms with Crippen molar-refractivity contribution in [3.05, 3.63) is 235 Å². The Balaban J connectivity index is 1.19. The monoisotopic (exact) mass is 701 g/mol. The van der Waals surface area contributed by atoms with Gasteiger partial charge in [-0.05, 0) is 91.7 Å². The second-order valence-electron chi connectivity index (χ2n) is 14.4. The Bertz CT molecular complexity index is 2980. The molecule has 9 aromatic carbocycles. The number of rotatable bonds is 6. The van der Waals surface area contributed by atoms with Crippen molar-refractivity contribution >= 4 is 49.8 Å². The van der Waals surface area contributed by atoms with Crippen LogP contribution in [-0.4, -0.2) is 0 Å². The first-order valence-corrected chi connectivity index (χ1v) is 18.9. The van der Waals surface area contributed by atoms with Gasteiger partial charge < -0.3 is 9.32 Å². The molecule has 0 bridgehead atoms. The lowest BCUT2D eigenvalue weighted by molar-refractivity contribution is 0.669. The fourth-order valence-electron chi connectivity index (χ4n) is 9.26. The van der Waals surface area contributed by atoms with Crippen molar-refractivity contribution in [3.8, 4) is 22.3 Å². The van der Waals surface area contributed by atoms with Gasteiger partial charge in [0.25, 0.3) is 0 Å². The lowest BCUT2D eigenvalue weighted by Gasteiger charge is -2.34. The van der Waals surface area contributed by atoms with Crippen LogP contribution in [0.3, 0.4) is 0 Å². The van der Waals surface area contributed by atoms with Gasteiger partial charge in [0.15, 0.2) is 5.58 Å². The lowest BCUT2D eigenvalue weighted by atomic mass is 9.67. The van der Waals surface area contributed by atoms with E-state index in [1.807, 2.05) is 0 Å². The molecule has 0 fully saturated rings. The predicted molar refractivity (Wildman–Crippen MR) is 229 cm³/mol. The molecule has 55 heavy (non-hydrogen) atoms.